The lowest BCUT2D eigenvalue weighted by Gasteiger charge is -2.32. The number of amides is 1. The van der Waals surface area contributed by atoms with Gasteiger partial charge in [0.25, 0.3) is 5.91 Å². The maximum absolute atomic E-state index is 12.5. The number of hydrogen-bond donors (Lipinski definition) is 2. The Morgan fingerprint density at radius 3 is 1.94 bits per heavy atom. The second-order valence-corrected chi connectivity index (χ2v) is 7.45. The van der Waals surface area contributed by atoms with Gasteiger partial charge in [-0.05, 0) is 35.9 Å². The summed E-state index contributed by atoms with van der Waals surface area (Å²) < 4.78 is 0. The van der Waals surface area contributed by atoms with Crippen molar-refractivity contribution in [3.05, 3.63) is 82.9 Å². The third-order valence-electron chi connectivity index (χ3n) is 5.14. The van der Waals surface area contributed by atoms with Gasteiger partial charge >= 0.3 is 0 Å². The lowest BCUT2D eigenvalue weighted by molar-refractivity contribution is -0.124. The molecule has 0 unspecified atom stereocenters. The third-order valence-corrected chi connectivity index (χ3v) is 5.14. The van der Waals surface area contributed by atoms with E-state index in [0.717, 1.165) is 43.9 Å². The number of likely N-dealkylation sites (N-methyl/N-ethyl adjacent to an activating group) is 1. The Bertz CT molecular complexity index is 921. The van der Waals surface area contributed by atoms with E-state index < -0.39 is 5.91 Å². The fourth-order valence-corrected chi connectivity index (χ4v) is 3.23. The van der Waals surface area contributed by atoms with Crippen LogP contribution in [-0.2, 0) is 11.3 Å². The summed E-state index contributed by atoms with van der Waals surface area (Å²) >= 11 is 0. The zero-order valence-corrected chi connectivity index (χ0v) is 19.6. The molecule has 0 spiro atoms. The van der Waals surface area contributed by atoms with Crippen molar-refractivity contribution in [3.63, 3.8) is 0 Å². The molecule has 1 heterocycles. The molecule has 8 heteroatoms. The number of hydrogen-bond acceptors (Lipinski definition) is 5. The molecule has 0 aliphatic carbocycles. The summed E-state index contributed by atoms with van der Waals surface area (Å²) in [6.45, 7) is 5.25. The highest BCUT2D eigenvalue weighted by atomic mass is 35.5. The van der Waals surface area contributed by atoms with E-state index in [1.54, 1.807) is 23.7 Å². The van der Waals surface area contributed by atoms with Crippen molar-refractivity contribution in [2.45, 2.75) is 6.54 Å². The topological polar surface area (TPSA) is 72.9 Å². The Kier molecular flexibility index (Phi) is 11.9. The van der Waals surface area contributed by atoms with E-state index in [1.165, 1.54) is 11.6 Å². The van der Waals surface area contributed by atoms with Gasteiger partial charge in [0.05, 0.1) is 0 Å². The summed E-state index contributed by atoms with van der Waals surface area (Å²) in [5.74, 6) is -0.621. The summed E-state index contributed by atoms with van der Waals surface area (Å²) in [4.78, 5) is 28.2. The van der Waals surface area contributed by atoms with Crippen molar-refractivity contribution in [2.75, 3.05) is 33.2 Å². The Morgan fingerprint density at radius 1 is 0.875 bits per heavy atom. The maximum Gasteiger partial charge on any atom is 0.267 e. The van der Waals surface area contributed by atoms with Gasteiger partial charge in [0.2, 0.25) is 0 Å². The van der Waals surface area contributed by atoms with Crippen molar-refractivity contribution in [1.82, 2.24) is 15.3 Å². The largest absolute Gasteiger partial charge is 0.304 e. The molecule has 3 rings (SSSR count). The molecule has 1 saturated heterocycles. The fourth-order valence-electron chi connectivity index (χ4n) is 3.23. The minimum absolute atomic E-state index is 0. The van der Waals surface area contributed by atoms with Crippen LogP contribution in [0.15, 0.2) is 60.7 Å². The molecule has 2 aromatic rings. The van der Waals surface area contributed by atoms with Crippen LogP contribution < -0.4 is 5.48 Å². The van der Waals surface area contributed by atoms with Crippen molar-refractivity contribution >= 4 is 48.7 Å². The van der Waals surface area contributed by atoms with E-state index in [4.69, 9.17) is 5.21 Å². The number of carbonyl (C=O) groups excluding carboxylic acids is 2. The van der Waals surface area contributed by atoms with Gasteiger partial charge in [-0.3, -0.25) is 19.7 Å². The summed E-state index contributed by atoms with van der Waals surface area (Å²) in [7, 11) is 2.15. The average molecular weight is 478 g/mol. The molecule has 1 aliphatic rings. The Balaban J connectivity index is 0.00000256. The Labute approximate surface area is 201 Å². The van der Waals surface area contributed by atoms with Crippen LogP contribution in [0.1, 0.15) is 27.0 Å². The first-order valence-corrected chi connectivity index (χ1v) is 9.98. The van der Waals surface area contributed by atoms with E-state index in [0.29, 0.717) is 5.56 Å². The molecule has 0 bridgehead atoms. The SMILES string of the molecule is CN1CCN(Cc2ccc(C(=O)C=Cc3ccc(C=CC(=O)NO)cc3)cc2)CC1.Cl.Cl. The van der Waals surface area contributed by atoms with Crippen LogP contribution in [-0.4, -0.2) is 59.9 Å². The van der Waals surface area contributed by atoms with Gasteiger partial charge in [-0.2, -0.15) is 0 Å². The van der Waals surface area contributed by atoms with Gasteiger partial charge in [0, 0.05) is 44.4 Å². The monoisotopic (exact) mass is 477 g/mol. The number of hydroxylamine groups is 1. The van der Waals surface area contributed by atoms with Gasteiger partial charge in [-0.15, -0.1) is 24.8 Å². The van der Waals surface area contributed by atoms with Crippen LogP contribution >= 0.6 is 24.8 Å². The normalized spacial score (nSPS) is 14.7. The summed E-state index contributed by atoms with van der Waals surface area (Å²) in [6.07, 6.45) is 6.17. The second kappa shape index (κ2) is 13.8. The number of piperazine rings is 1. The zero-order chi connectivity index (χ0) is 21.3. The maximum atomic E-state index is 12.5. The molecule has 0 atom stereocenters. The highest BCUT2D eigenvalue weighted by molar-refractivity contribution is 6.06. The molecule has 0 saturated carbocycles. The first-order valence-electron chi connectivity index (χ1n) is 9.98. The number of ketones is 1. The van der Waals surface area contributed by atoms with Crippen molar-refractivity contribution in [2.24, 2.45) is 0 Å². The van der Waals surface area contributed by atoms with Gasteiger partial charge < -0.3 is 4.90 Å². The minimum Gasteiger partial charge on any atom is -0.304 e. The van der Waals surface area contributed by atoms with E-state index >= 15 is 0 Å². The van der Waals surface area contributed by atoms with Crippen LogP contribution in [0.3, 0.4) is 0 Å². The first-order chi connectivity index (χ1) is 14.5. The van der Waals surface area contributed by atoms with Gasteiger partial charge in [0.1, 0.15) is 0 Å². The summed E-state index contributed by atoms with van der Waals surface area (Å²) in [5, 5.41) is 8.47. The number of nitrogens with zero attached hydrogens (tertiary/aromatic N) is 2. The van der Waals surface area contributed by atoms with Crippen molar-refractivity contribution in [1.29, 1.82) is 0 Å². The number of benzene rings is 2. The lowest BCUT2D eigenvalue weighted by Crippen LogP contribution is -2.43. The van der Waals surface area contributed by atoms with Crippen LogP contribution in [0.4, 0.5) is 0 Å². The van der Waals surface area contributed by atoms with Crippen LogP contribution in [0.5, 0.6) is 0 Å². The van der Waals surface area contributed by atoms with E-state index in [9.17, 15) is 9.59 Å². The minimum atomic E-state index is -0.584. The van der Waals surface area contributed by atoms with E-state index in [2.05, 4.69) is 16.8 Å². The molecule has 2 N–H and O–H groups in total. The lowest BCUT2D eigenvalue weighted by atomic mass is 10.1. The summed E-state index contributed by atoms with van der Waals surface area (Å²) in [5.41, 5.74) is 5.14. The number of carbonyl (C=O) groups is 2. The van der Waals surface area contributed by atoms with Crippen LogP contribution in [0, 0.1) is 0 Å². The highest BCUT2D eigenvalue weighted by Gasteiger charge is 2.13. The zero-order valence-electron chi connectivity index (χ0n) is 17.9. The van der Waals surface area contributed by atoms with E-state index in [-0.39, 0.29) is 30.6 Å². The molecule has 6 nitrogen and oxygen atoms in total. The first kappa shape index (κ1) is 27.6. The predicted octanol–water partition coefficient (Wildman–Crippen LogP) is 3.69. The average Bonchev–Trinajstić information content (AvgIpc) is 2.78. The Morgan fingerprint density at radius 2 is 1.41 bits per heavy atom. The highest BCUT2D eigenvalue weighted by Crippen LogP contribution is 2.12. The quantitative estimate of drug-likeness (QED) is 0.275. The fraction of sp³-hybridized carbons (Fsp3) is 0.250. The number of allylic oxidation sites excluding steroid dienone is 1. The molecule has 2 aromatic carbocycles. The third kappa shape index (κ3) is 8.57. The predicted molar refractivity (Wildman–Crippen MR) is 132 cm³/mol. The molecule has 1 amide bonds. The molecule has 1 aliphatic heterocycles. The molecule has 172 valence electrons. The second-order valence-electron chi connectivity index (χ2n) is 7.45. The molecule has 0 radical (unpaired) electrons. The van der Waals surface area contributed by atoms with Crippen LogP contribution in [0.25, 0.3) is 12.2 Å². The summed E-state index contributed by atoms with van der Waals surface area (Å²) in [6, 6.07) is 15.2. The van der Waals surface area contributed by atoms with E-state index in [1.807, 2.05) is 48.5 Å². The Hall–Kier alpha value is -2.48. The van der Waals surface area contributed by atoms with Crippen molar-refractivity contribution in [3.8, 4) is 0 Å². The van der Waals surface area contributed by atoms with Gasteiger partial charge in [-0.25, -0.2) is 5.48 Å². The van der Waals surface area contributed by atoms with Gasteiger partial charge in [0.15, 0.2) is 5.78 Å². The van der Waals surface area contributed by atoms with Crippen molar-refractivity contribution < 1.29 is 14.8 Å². The smallest absolute Gasteiger partial charge is 0.267 e. The molecule has 1 fully saturated rings. The molecule has 0 aromatic heterocycles. The standard InChI is InChI=1S/C24H27N3O3.2ClH/c1-26-14-16-27(17-15-26)18-21-6-10-22(11-7-21)23(28)12-8-19-2-4-20(5-3-19)9-13-24(29)25-30;;/h2-13,30H,14-18H2,1H3,(H,25,29);2*1H. The number of halogens is 2. The van der Waals surface area contributed by atoms with Crippen LogP contribution in [0.2, 0.25) is 0 Å². The molecular formula is C24H29Cl2N3O3. The molecular weight excluding hydrogens is 449 g/mol. The number of rotatable bonds is 7. The molecule has 32 heavy (non-hydrogen) atoms. The van der Waals surface area contributed by atoms with Gasteiger partial charge in [-0.1, -0.05) is 54.6 Å². The number of nitrogens with one attached hydrogen (secondary N) is 1.